The van der Waals surface area contributed by atoms with Gasteiger partial charge in [-0.3, -0.25) is 14.5 Å². The first-order chi connectivity index (χ1) is 10.6. The molecule has 1 aliphatic rings. The highest BCUT2D eigenvalue weighted by Gasteiger charge is 2.38. The van der Waals surface area contributed by atoms with E-state index in [0.717, 1.165) is 0 Å². The number of hydrogen-bond donors (Lipinski definition) is 1. The molecule has 7 heteroatoms. The number of aromatic nitrogens is 2. The third-order valence-electron chi connectivity index (χ3n) is 3.59. The molecular weight excluding hydrogens is 284 g/mol. The minimum atomic E-state index is -1.01. The quantitative estimate of drug-likeness (QED) is 0.917. The van der Waals surface area contributed by atoms with E-state index in [1.54, 1.807) is 12.1 Å². The van der Waals surface area contributed by atoms with Crippen LogP contribution in [-0.2, 0) is 9.59 Å². The van der Waals surface area contributed by atoms with Gasteiger partial charge in [0.1, 0.15) is 11.6 Å². The molecule has 7 nitrogen and oxygen atoms in total. The highest BCUT2D eigenvalue weighted by molar-refractivity contribution is 5.99. The molecule has 1 unspecified atom stereocenters. The van der Waals surface area contributed by atoms with Crippen LogP contribution in [0.2, 0.25) is 0 Å². The summed E-state index contributed by atoms with van der Waals surface area (Å²) in [5.74, 6) is -1.78. The number of amides is 1. The van der Waals surface area contributed by atoms with E-state index in [1.807, 2.05) is 24.3 Å². The molecule has 22 heavy (non-hydrogen) atoms. The van der Waals surface area contributed by atoms with Gasteiger partial charge in [0, 0.05) is 13.0 Å². The van der Waals surface area contributed by atoms with Gasteiger partial charge in [-0.1, -0.05) is 18.2 Å². The van der Waals surface area contributed by atoms with Crippen LogP contribution in [0.3, 0.4) is 0 Å². The van der Waals surface area contributed by atoms with Gasteiger partial charge in [0.15, 0.2) is 5.82 Å². The second kappa shape index (κ2) is 5.33. The zero-order valence-electron chi connectivity index (χ0n) is 11.5. The molecule has 0 radical (unpaired) electrons. The Labute approximate surface area is 126 Å². The highest BCUT2D eigenvalue weighted by atomic mass is 16.4. The van der Waals surface area contributed by atoms with E-state index in [-0.39, 0.29) is 24.4 Å². The van der Waals surface area contributed by atoms with Crippen molar-refractivity contribution in [3.8, 4) is 11.8 Å². The summed E-state index contributed by atoms with van der Waals surface area (Å²) in [4.78, 5) is 24.6. The molecule has 3 rings (SSSR count). The van der Waals surface area contributed by atoms with Crippen molar-refractivity contribution in [3.63, 3.8) is 0 Å². The molecule has 0 spiro atoms. The first-order valence-electron chi connectivity index (χ1n) is 6.68. The fourth-order valence-electron chi connectivity index (χ4n) is 2.52. The molecule has 1 fully saturated rings. The number of carboxylic acid groups (broad SMARTS) is 1. The minimum absolute atomic E-state index is 0.0430. The molecule has 1 aliphatic heterocycles. The lowest BCUT2D eigenvalue weighted by atomic mass is 10.1. The molecule has 1 amide bonds. The van der Waals surface area contributed by atoms with E-state index in [9.17, 15) is 14.9 Å². The Bertz CT molecular complexity index is 776. The molecule has 2 aromatic rings. The van der Waals surface area contributed by atoms with Gasteiger partial charge in [0.2, 0.25) is 5.91 Å². The standard InChI is InChI=1S/C15H12N4O3/c16-7-11-8-17-19(12-4-2-1-3-5-12)14(11)18-9-10(15(21)22)6-13(18)20/h1-5,8,10H,6,9H2,(H,21,22). The van der Waals surface area contributed by atoms with Gasteiger partial charge in [-0.05, 0) is 12.1 Å². The Balaban J connectivity index is 2.07. The topological polar surface area (TPSA) is 99.2 Å². The molecule has 1 aromatic heterocycles. The lowest BCUT2D eigenvalue weighted by Crippen LogP contribution is -2.28. The minimum Gasteiger partial charge on any atom is -0.481 e. The smallest absolute Gasteiger partial charge is 0.308 e. The SMILES string of the molecule is N#Cc1cnn(-c2ccccc2)c1N1CC(C(=O)O)CC1=O. The largest absolute Gasteiger partial charge is 0.481 e. The van der Waals surface area contributed by atoms with Gasteiger partial charge < -0.3 is 5.11 Å². The number of carboxylic acids is 1. The van der Waals surface area contributed by atoms with Crippen molar-refractivity contribution in [3.05, 3.63) is 42.1 Å². The fourth-order valence-corrected chi connectivity index (χ4v) is 2.52. The molecule has 1 atom stereocenters. The normalized spacial score (nSPS) is 17.5. The lowest BCUT2D eigenvalue weighted by Gasteiger charge is -2.18. The molecule has 1 N–H and O–H groups in total. The fraction of sp³-hybridized carbons (Fsp3) is 0.200. The summed E-state index contributed by atoms with van der Waals surface area (Å²) in [7, 11) is 0. The zero-order valence-corrected chi connectivity index (χ0v) is 11.5. The lowest BCUT2D eigenvalue weighted by molar-refractivity contribution is -0.141. The van der Waals surface area contributed by atoms with Crippen LogP contribution in [0.1, 0.15) is 12.0 Å². The monoisotopic (exact) mass is 296 g/mol. The van der Waals surface area contributed by atoms with E-state index >= 15 is 0 Å². The first kappa shape index (κ1) is 13.8. The van der Waals surface area contributed by atoms with Gasteiger partial charge >= 0.3 is 5.97 Å². The average molecular weight is 296 g/mol. The number of nitriles is 1. The van der Waals surface area contributed by atoms with Crippen molar-refractivity contribution in [2.75, 3.05) is 11.4 Å². The van der Waals surface area contributed by atoms with Gasteiger partial charge in [0.05, 0.1) is 17.8 Å². The molecule has 0 aliphatic carbocycles. The average Bonchev–Trinajstić information content (AvgIpc) is 3.11. The Kier molecular flexibility index (Phi) is 3.35. The number of nitrogens with zero attached hydrogens (tertiary/aromatic N) is 4. The highest BCUT2D eigenvalue weighted by Crippen LogP contribution is 2.30. The summed E-state index contributed by atoms with van der Waals surface area (Å²) in [6, 6.07) is 11.1. The van der Waals surface area contributed by atoms with Crippen LogP contribution in [-0.4, -0.2) is 33.3 Å². The van der Waals surface area contributed by atoms with Crippen molar-refractivity contribution >= 4 is 17.7 Å². The number of aliphatic carboxylic acids is 1. The van der Waals surface area contributed by atoms with Crippen LogP contribution in [0.4, 0.5) is 5.82 Å². The Morgan fingerprint density at radius 2 is 2.09 bits per heavy atom. The molecule has 0 saturated carbocycles. The summed E-state index contributed by atoms with van der Waals surface area (Å²) >= 11 is 0. The Morgan fingerprint density at radius 1 is 1.36 bits per heavy atom. The first-order valence-corrected chi connectivity index (χ1v) is 6.68. The maximum absolute atomic E-state index is 12.2. The molecule has 110 valence electrons. The summed E-state index contributed by atoms with van der Waals surface area (Å²) in [6.07, 6.45) is 1.31. The predicted molar refractivity (Wildman–Crippen MR) is 76.4 cm³/mol. The van der Waals surface area contributed by atoms with Crippen molar-refractivity contribution in [2.24, 2.45) is 5.92 Å². The van der Waals surface area contributed by atoms with Crippen molar-refractivity contribution in [1.29, 1.82) is 5.26 Å². The molecule has 1 aromatic carbocycles. The third kappa shape index (κ3) is 2.20. The molecular formula is C15H12N4O3. The maximum atomic E-state index is 12.2. The van der Waals surface area contributed by atoms with E-state index in [0.29, 0.717) is 11.5 Å². The van der Waals surface area contributed by atoms with Crippen molar-refractivity contribution < 1.29 is 14.7 Å². The second-order valence-corrected chi connectivity index (χ2v) is 4.98. The van der Waals surface area contributed by atoms with E-state index in [2.05, 4.69) is 5.10 Å². The number of benzene rings is 1. The number of hydrogen-bond acceptors (Lipinski definition) is 4. The zero-order chi connectivity index (χ0) is 15.7. The van der Waals surface area contributed by atoms with Gasteiger partial charge in [-0.2, -0.15) is 10.4 Å². The van der Waals surface area contributed by atoms with Crippen LogP contribution in [0, 0.1) is 17.2 Å². The Morgan fingerprint density at radius 3 is 2.68 bits per heavy atom. The van der Waals surface area contributed by atoms with E-state index < -0.39 is 11.9 Å². The number of rotatable bonds is 3. The van der Waals surface area contributed by atoms with Crippen molar-refractivity contribution in [2.45, 2.75) is 6.42 Å². The van der Waals surface area contributed by atoms with Gasteiger partial charge in [-0.25, -0.2) is 4.68 Å². The number of anilines is 1. The van der Waals surface area contributed by atoms with Crippen LogP contribution in [0.5, 0.6) is 0 Å². The maximum Gasteiger partial charge on any atom is 0.308 e. The number of carbonyl (C=O) groups is 2. The molecule has 2 heterocycles. The van der Waals surface area contributed by atoms with E-state index in [4.69, 9.17) is 5.11 Å². The molecule has 0 bridgehead atoms. The van der Waals surface area contributed by atoms with Gasteiger partial charge in [0.25, 0.3) is 0 Å². The van der Waals surface area contributed by atoms with Crippen LogP contribution in [0.25, 0.3) is 5.69 Å². The summed E-state index contributed by atoms with van der Waals surface area (Å²) in [5.41, 5.74) is 0.939. The second-order valence-electron chi connectivity index (χ2n) is 4.98. The van der Waals surface area contributed by atoms with Crippen LogP contribution in [0.15, 0.2) is 36.5 Å². The van der Waals surface area contributed by atoms with Gasteiger partial charge in [-0.15, -0.1) is 0 Å². The van der Waals surface area contributed by atoms with Crippen LogP contribution < -0.4 is 4.90 Å². The van der Waals surface area contributed by atoms with E-state index in [1.165, 1.54) is 15.8 Å². The predicted octanol–water partition coefficient (Wildman–Crippen LogP) is 1.18. The third-order valence-corrected chi connectivity index (χ3v) is 3.59. The van der Waals surface area contributed by atoms with Crippen LogP contribution >= 0.6 is 0 Å². The summed E-state index contributed by atoms with van der Waals surface area (Å²) in [5, 5.41) is 22.5. The number of para-hydroxylation sites is 1. The summed E-state index contributed by atoms with van der Waals surface area (Å²) < 4.78 is 1.49. The van der Waals surface area contributed by atoms with Crippen molar-refractivity contribution in [1.82, 2.24) is 9.78 Å². The number of carbonyl (C=O) groups excluding carboxylic acids is 1. The summed E-state index contributed by atoms with van der Waals surface area (Å²) in [6.45, 7) is 0.0430. The Hall–Kier alpha value is -3.14. The molecule has 1 saturated heterocycles.